The molecule has 7 nitrogen and oxygen atoms in total. The van der Waals surface area contributed by atoms with Crippen molar-refractivity contribution in [1.29, 1.82) is 0 Å². The zero-order valence-electron chi connectivity index (χ0n) is 15.7. The SMILES string of the molecule is CS(=O)(=O)N1Cc2ccccc2OC2(CCN(C(=O)c3ccccn3)CC2)C1. The number of benzene rings is 1. The first kappa shape index (κ1) is 18.9. The number of likely N-dealkylation sites (tertiary alicyclic amines) is 1. The Morgan fingerprint density at radius 2 is 1.82 bits per heavy atom. The minimum absolute atomic E-state index is 0.107. The average molecular weight is 401 g/mol. The normalized spacial score (nSPS) is 19.5. The molecule has 4 rings (SSSR count). The van der Waals surface area contributed by atoms with Crippen LogP contribution in [0.1, 0.15) is 28.9 Å². The van der Waals surface area contributed by atoms with Crippen LogP contribution in [0.5, 0.6) is 5.75 Å². The first-order valence-electron chi connectivity index (χ1n) is 9.29. The first-order valence-corrected chi connectivity index (χ1v) is 11.1. The molecule has 0 saturated carbocycles. The molecule has 28 heavy (non-hydrogen) atoms. The Kier molecular flexibility index (Phi) is 4.84. The highest BCUT2D eigenvalue weighted by Crippen LogP contribution is 2.36. The van der Waals surface area contributed by atoms with Gasteiger partial charge in [-0.15, -0.1) is 0 Å². The van der Waals surface area contributed by atoms with Gasteiger partial charge in [-0.05, 0) is 18.2 Å². The number of fused-ring (bicyclic) bond motifs is 1. The number of piperidine rings is 1. The maximum Gasteiger partial charge on any atom is 0.272 e. The number of pyridine rings is 1. The van der Waals surface area contributed by atoms with Crippen LogP contribution in [-0.4, -0.2) is 60.0 Å². The molecular weight excluding hydrogens is 378 g/mol. The number of nitrogens with zero attached hydrogens (tertiary/aromatic N) is 3. The second-order valence-corrected chi connectivity index (χ2v) is 9.41. The molecule has 1 amide bonds. The number of rotatable bonds is 2. The largest absolute Gasteiger partial charge is 0.485 e. The zero-order chi connectivity index (χ0) is 19.8. The highest BCUT2D eigenvalue weighted by atomic mass is 32.2. The molecule has 0 N–H and O–H groups in total. The van der Waals surface area contributed by atoms with E-state index >= 15 is 0 Å². The molecule has 8 heteroatoms. The molecule has 0 atom stereocenters. The van der Waals surface area contributed by atoms with E-state index in [1.165, 1.54) is 10.6 Å². The molecule has 0 aliphatic carbocycles. The van der Waals surface area contributed by atoms with Gasteiger partial charge in [-0.25, -0.2) is 8.42 Å². The zero-order valence-corrected chi connectivity index (χ0v) is 16.6. The highest BCUT2D eigenvalue weighted by molar-refractivity contribution is 7.88. The summed E-state index contributed by atoms with van der Waals surface area (Å²) in [6.07, 6.45) is 3.96. The quantitative estimate of drug-likeness (QED) is 0.768. The van der Waals surface area contributed by atoms with Crippen LogP contribution in [-0.2, 0) is 16.6 Å². The molecule has 148 valence electrons. The van der Waals surface area contributed by atoms with Crippen LogP contribution in [0.4, 0.5) is 0 Å². The Labute approximate surface area is 165 Å². The van der Waals surface area contributed by atoms with Gasteiger partial charge in [-0.2, -0.15) is 4.31 Å². The van der Waals surface area contributed by atoms with Crippen molar-refractivity contribution in [3.8, 4) is 5.75 Å². The molecule has 0 bridgehead atoms. The molecule has 1 fully saturated rings. The van der Waals surface area contributed by atoms with E-state index in [0.29, 0.717) is 38.2 Å². The van der Waals surface area contributed by atoms with Gasteiger partial charge in [-0.3, -0.25) is 9.78 Å². The summed E-state index contributed by atoms with van der Waals surface area (Å²) in [5, 5.41) is 0. The molecule has 0 unspecified atom stereocenters. The Morgan fingerprint density at radius 3 is 2.50 bits per heavy atom. The van der Waals surface area contributed by atoms with E-state index in [9.17, 15) is 13.2 Å². The topological polar surface area (TPSA) is 79.8 Å². The van der Waals surface area contributed by atoms with E-state index in [4.69, 9.17) is 4.74 Å². The van der Waals surface area contributed by atoms with Gasteiger partial charge >= 0.3 is 0 Å². The van der Waals surface area contributed by atoms with Gasteiger partial charge in [0.15, 0.2) is 0 Å². The van der Waals surface area contributed by atoms with Crippen LogP contribution in [0.15, 0.2) is 48.7 Å². The van der Waals surface area contributed by atoms with E-state index < -0.39 is 15.6 Å². The highest BCUT2D eigenvalue weighted by Gasteiger charge is 2.43. The van der Waals surface area contributed by atoms with Gasteiger partial charge in [0.1, 0.15) is 17.0 Å². The number of carbonyl (C=O) groups excluding carboxylic acids is 1. The van der Waals surface area contributed by atoms with Crippen LogP contribution < -0.4 is 4.74 Å². The Morgan fingerprint density at radius 1 is 1.11 bits per heavy atom. The summed E-state index contributed by atoms with van der Waals surface area (Å²) in [4.78, 5) is 18.6. The molecule has 2 aromatic rings. The van der Waals surface area contributed by atoms with Gasteiger partial charge in [0.05, 0.1) is 12.8 Å². The number of hydrogen-bond donors (Lipinski definition) is 0. The molecule has 3 heterocycles. The van der Waals surface area contributed by atoms with Crippen molar-refractivity contribution in [2.45, 2.75) is 25.0 Å². The summed E-state index contributed by atoms with van der Waals surface area (Å²) in [6.45, 7) is 1.57. The van der Waals surface area contributed by atoms with Crippen molar-refractivity contribution in [2.75, 3.05) is 25.9 Å². The molecule has 1 saturated heterocycles. The Bertz CT molecular complexity index is 970. The maximum absolute atomic E-state index is 12.7. The molecule has 0 radical (unpaired) electrons. The minimum Gasteiger partial charge on any atom is -0.485 e. The fourth-order valence-corrected chi connectivity index (χ4v) is 4.67. The first-order chi connectivity index (χ1) is 13.4. The lowest BCUT2D eigenvalue weighted by atomic mass is 9.90. The van der Waals surface area contributed by atoms with Gasteiger partial charge in [0.25, 0.3) is 5.91 Å². The fraction of sp³-hybridized carbons (Fsp3) is 0.400. The van der Waals surface area contributed by atoms with E-state index in [2.05, 4.69) is 4.98 Å². The summed E-state index contributed by atoms with van der Waals surface area (Å²) in [5.74, 6) is 0.614. The van der Waals surface area contributed by atoms with Crippen molar-refractivity contribution in [1.82, 2.24) is 14.2 Å². The molecular formula is C20H23N3O4S. The van der Waals surface area contributed by atoms with Crippen LogP contribution in [0.25, 0.3) is 0 Å². The molecule has 2 aliphatic rings. The van der Waals surface area contributed by atoms with Crippen LogP contribution in [0.3, 0.4) is 0 Å². The average Bonchev–Trinajstić information content (AvgIpc) is 2.85. The third kappa shape index (κ3) is 3.74. The van der Waals surface area contributed by atoms with Crippen molar-refractivity contribution in [2.24, 2.45) is 0 Å². The Balaban J connectivity index is 1.57. The lowest BCUT2D eigenvalue weighted by Crippen LogP contribution is -2.55. The van der Waals surface area contributed by atoms with E-state index in [1.54, 1.807) is 29.3 Å². The molecule has 1 aromatic heterocycles. The standard InChI is InChI=1S/C20H23N3O4S/c1-28(25,26)23-14-16-6-2-3-8-18(16)27-20(15-23)9-12-22(13-10-20)19(24)17-7-4-5-11-21-17/h2-8,11H,9-10,12-15H2,1H3. The summed E-state index contributed by atoms with van der Waals surface area (Å²) >= 11 is 0. The maximum atomic E-state index is 12.7. The number of hydrogen-bond acceptors (Lipinski definition) is 5. The molecule has 2 aliphatic heterocycles. The third-order valence-electron chi connectivity index (χ3n) is 5.43. The second-order valence-electron chi connectivity index (χ2n) is 7.43. The van der Waals surface area contributed by atoms with Gasteiger partial charge in [0.2, 0.25) is 10.0 Å². The number of para-hydroxylation sites is 1. The van der Waals surface area contributed by atoms with E-state index in [-0.39, 0.29) is 12.5 Å². The number of ether oxygens (including phenoxy) is 1. The Hall–Kier alpha value is -2.45. The summed E-state index contributed by atoms with van der Waals surface area (Å²) in [5.41, 5.74) is 0.636. The molecule has 1 aromatic carbocycles. The smallest absolute Gasteiger partial charge is 0.272 e. The van der Waals surface area contributed by atoms with Crippen molar-refractivity contribution in [3.05, 3.63) is 59.9 Å². The lowest BCUT2D eigenvalue weighted by molar-refractivity contribution is -0.00265. The lowest BCUT2D eigenvalue weighted by Gasteiger charge is -2.42. The predicted molar refractivity (Wildman–Crippen MR) is 104 cm³/mol. The third-order valence-corrected chi connectivity index (χ3v) is 6.62. The van der Waals surface area contributed by atoms with Gasteiger partial charge < -0.3 is 9.64 Å². The van der Waals surface area contributed by atoms with Crippen LogP contribution in [0, 0.1) is 0 Å². The van der Waals surface area contributed by atoms with Gasteiger partial charge in [-0.1, -0.05) is 24.3 Å². The number of aromatic nitrogens is 1. The van der Waals surface area contributed by atoms with Crippen LogP contribution in [0.2, 0.25) is 0 Å². The van der Waals surface area contributed by atoms with Gasteiger partial charge in [0, 0.05) is 44.2 Å². The minimum atomic E-state index is -3.38. The number of sulfonamides is 1. The summed E-state index contributed by atoms with van der Waals surface area (Å²) < 4.78 is 32.5. The second kappa shape index (κ2) is 7.18. The summed E-state index contributed by atoms with van der Waals surface area (Å²) in [6, 6.07) is 12.8. The number of carbonyl (C=O) groups is 1. The van der Waals surface area contributed by atoms with E-state index in [1.807, 2.05) is 24.3 Å². The van der Waals surface area contributed by atoms with Crippen molar-refractivity contribution in [3.63, 3.8) is 0 Å². The van der Waals surface area contributed by atoms with E-state index in [0.717, 1.165) is 11.3 Å². The summed E-state index contributed by atoms with van der Waals surface area (Å²) in [7, 11) is -3.38. The van der Waals surface area contributed by atoms with Crippen molar-refractivity contribution >= 4 is 15.9 Å². The molecule has 1 spiro atoms. The monoisotopic (exact) mass is 401 g/mol. The predicted octanol–water partition coefficient (Wildman–Crippen LogP) is 1.91. The van der Waals surface area contributed by atoms with Crippen LogP contribution >= 0.6 is 0 Å². The number of amides is 1. The fourth-order valence-electron chi connectivity index (χ4n) is 3.83. The van der Waals surface area contributed by atoms with Crippen molar-refractivity contribution < 1.29 is 17.9 Å².